The molecular weight excluding hydrogens is 256 g/mol. The highest BCUT2D eigenvalue weighted by Gasteiger charge is 2.10. The summed E-state index contributed by atoms with van der Waals surface area (Å²) in [6.07, 6.45) is 0. The molecule has 0 N–H and O–H groups in total. The van der Waals surface area contributed by atoms with Crippen molar-refractivity contribution in [2.24, 2.45) is 0 Å². The average Bonchev–Trinajstić information content (AvgIpc) is 2.39. The summed E-state index contributed by atoms with van der Waals surface area (Å²) in [5, 5.41) is 0. The highest BCUT2D eigenvalue weighted by atomic mass is 32.2. The molecule has 2 nitrogen and oxygen atoms in total. The van der Waals surface area contributed by atoms with Crippen LogP contribution in [0.1, 0.15) is 21.5 Å². The van der Waals surface area contributed by atoms with E-state index >= 15 is 0 Å². The Balaban J connectivity index is 1.97. The van der Waals surface area contributed by atoms with Gasteiger partial charge in [-0.3, -0.25) is 9.00 Å². The quantitative estimate of drug-likeness (QED) is 0.784. The lowest BCUT2D eigenvalue weighted by Gasteiger charge is -2.03. The van der Waals surface area contributed by atoms with Crippen molar-refractivity contribution in [2.75, 3.05) is 5.75 Å². The number of rotatable bonds is 5. The minimum atomic E-state index is -1.16. The van der Waals surface area contributed by atoms with Crippen LogP contribution in [0.4, 0.5) is 0 Å². The number of aryl methyl sites for hydroxylation is 1. The van der Waals surface area contributed by atoms with Crippen molar-refractivity contribution in [3.05, 3.63) is 71.3 Å². The van der Waals surface area contributed by atoms with E-state index in [0.717, 1.165) is 11.1 Å². The van der Waals surface area contributed by atoms with Crippen molar-refractivity contribution < 1.29 is 9.00 Å². The molecule has 1 unspecified atom stereocenters. The number of carbonyl (C=O) groups excluding carboxylic acids is 1. The van der Waals surface area contributed by atoms with Gasteiger partial charge in [-0.15, -0.1) is 0 Å². The second-order valence-corrected chi connectivity index (χ2v) is 5.96. The first kappa shape index (κ1) is 13.7. The van der Waals surface area contributed by atoms with E-state index < -0.39 is 10.8 Å². The molecule has 1 atom stereocenters. The van der Waals surface area contributed by atoms with E-state index in [1.807, 2.05) is 49.4 Å². The Morgan fingerprint density at radius 1 is 1.05 bits per heavy atom. The largest absolute Gasteiger partial charge is 0.293 e. The first-order valence-electron chi connectivity index (χ1n) is 6.14. The Kier molecular flexibility index (Phi) is 4.63. The number of hydrogen-bond donors (Lipinski definition) is 0. The highest BCUT2D eigenvalue weighted by Crippen LogP contribution is 2.08. The maximum atomic E-state index is 12.0. The molecule has 0 heterocycles. The fourth-order valence-electron chi connectivity index (χ4n) is 1.89. The number of benzene rings is 2. The monoisotopic (exact) mass is 272 g/mol. The van der Waals surface area contributed by atoms with Gasteiger partial charge in [-0.25, -0.2) is 0 Å². The number of carbonyl (C=O) groups is 1. The summed E-state index contributed by atoms with van der Waals surface area (Å²) in [5.41, 5.74) is 2.78. The normalized spacial score (nSPS) is 12.1. The minimum Gasteiger partial charge on any atom is -0.293 e. The Bertz CT molecular complexity index is 591. The van der Waals surface area contributed by atoms with E-state index in [-0.39, 0.29) is 11.5 Å². The highest BCUT2D eigenvalue weighted by molar-refractivity contribution is 7.85. The van der Waals surface area contributed by atoms with Gasteiger partial charge in [0.1, 0.15) is 0 Å². The van der Waals surface area contributed by atoms with Gasteiger partial charge in [0.25, 0.3) is 0 Å². The van der Waals surface area contributed by atoms with Gasteiger partial charge in [-0.2, -0.15) is 0 Å². The van der Waals surface area contributed by atoms with Crippen LogP contribution in [0, 0.1) is 6.92 Å². The zero-order valence-corrected chi connectivity index (χ0v) is 11.7. The molecule has 0 saturated heterocycles. The molecule has 0 radical (unpaired) electrons. The van der Waals surface area contributed by atoms with Crippen molar-refractivity contribution in [1.82, 2.24) is 0 Å². The summed E-state index contributed by atoms with van der Waals surface area (Å²) >= 11 is 0. The Morgan fingerprint density at radius 3 is 2.47 bits per heavy atom. The Labute approximate surface area is 115 Å². The molecule has 0 spiro atoms. The van der Waals surface area contributed by atoms with Gasteiger partial charge in [0.15, 0.2) is 5.78 Å². The van der Waals surface area contributed by atoms with Gasteiger partial charge >= 0.3 is 0 Å². The van der Waals surface area contributed by atoms with Crippen molar-refractivity contribution in [1.29, 1.82) is 0 Å². The summed E-state index contributed by atoms with van der Waals surface area (Å²) in [6.45, 7) is 2.00. The molecule has 0 aliphatic carbocycles. The third-order valence-corrected chi connectivity index (χ3v) is 4.04. The van der Waals surface area contributed by atoms with Crippen LogP contribution >= 0.6 is 0 Å². The number of Topliss-reactive ketones (excluding diaryl/α,β-unsaturated/α-hetero) is 1. The second kappa shape index (κ2) is 6.43. The maximum absolute atomic E-state index is 12.0. The smallest absolute Gasteiger partial charge is 0.175 e. The maximum Gasteiger partial charge on any atom is 0.175 e. The van der Waals surface area contributed by atoms with Crippen LogP contribution in [0.3, 0.4) is 0 Å². The lowest BCUT2D eigenvalue weighted by atomic mass is 10.2. The van der Waals surface area contributed by atoms with E-state index in [2.05, 4.69) is 0 Å². The molecule has 0 bridgehead atoms. The first-order valence-corrected chi connectivity index (χ1v) is 7.63. The molecule has 0 saturated carbocycles. The lowest BCUT2D eigenvalue weighted by Crippen LogP contribution is -2.12. The van der Waals surface area contributed by atoms with Crippen molar-refractivity contribution in [3.63, 3.8) is 0 Å². The van der Waals surface area contributed by atoms with Crippen LogP contribution < -0.4 is 0 Å². The van der Waals surface area contributed by atoms with E-state index in [1.165, 1.54) is 0 Å². The standard InChI is InChI=1S/C16H16O2S/c1-13-6-5-7-14(10-13)11-19(18)12-16(17)15-8-3-2-4-9-15/h2-10H,11-12H2,1H3. The third kappa shape index (κ3) is 4.14. The van der Waals surface area contributed by atoms with E-state index in [1.54, 1.807) is 12.1 Å². The molecule has 2 rings (SSSR count). The number of hydrogen-bond acceptors (Lipinski definition) is 2. The van der Waals surface area contributed by atoms with Crippen LogP contribution in [0.25, 0.3) is 0 Å². The minimum absolute atomic E-state index is 0.0633. The van der Waals surface area contributed by atoms with Gasteiger partial charge in [0.05, 0.1) is 5.75 Å². The molecule has 2 aromatic carbocycles. The van der Waals surface area contributed by atoms with Gasteiger partial charge in [-0.05, 0) is 12.5 Å². The molecule has 0 aromatic heterocycles. The summed E-state index contributed by atoms with van der Waals surface area (Å²) in [4.78, 5) is 11.9. The van der Waals surface area contributed by atoms with Crippen LogP contribution in [-0.2, 0) is 16.6 Å². The van der Waals surface area contributed by atoms with Gasteiger partial charge < -0.3 is 0 Å². The predicted molar refractivity (Wildman–Crippen MR) is 78.7 cm³/mol. The molecule has 0 aliphatic heterocycles. The van der Waals surface area contributed by atoms with Crippen molar-refractivity contribution >= 4 is 16.6 Å². The van der Waals surface area contributed by atoms with Crippen molar-refractivity contribution in [3.8, 4) is 0 Å². The molecular formula is C16H16O2S. The zero-order chi connectivity index (χ0) is 13.7. The fraction of sp³-hybridized carbons (Fsp3) is 0.188. The predicted octanol–water partition coefficient (Wildman–Crippen LogP) is 3.13. The van der Waals surface area contributed by atoms with Gasteiger partial charge in [-0.1, -0.05) is 60.2 Å². The molecule has 3 heteroatoms. The SMILES string of the molecule is Cc1cccc(CS(=O)CC(=O)c2ccccc2)c1. The summed E-state index contributed by atoms with van der Waals surface area (Å²) in [6, 6.07) is 16.9. The van der Waals surface area contributed by atoms with Gasteiger partial charge in [0.2, 0.25) is 0 Å². The molecule has 0 aliphatic rings. The molecule has 0 amide bonds. The van der Waals surface area contributed by atoms with Crippen LogP contribution in [-0.4, -0.2) is 15.7 Å². The van der Waals surface area contributed by atoms with E-state index in [4.69, 9.17) is 0 Å². The van der Waals surface area contributed by atoms with Crippen LogP contribution in [0.2, 0.25) is 0 Å². The zero-order valence-electron chi connectivity index (χ0n) is 10.8. The van der Waals surface area contributed by atoms with E-state index in [0.29, 0.717) is 11.3 Å². The topological polar surface area (TPSA) is 34.1 Å². The summed E-state index contributed by atoms with van der Waals surface area (Å²) in [5.74, 6) is 0.449. The van der Waals surface area contributed by atoms with Crippen LogP contribution in [0.15, 0.2) is 54.6 Å². The summed E-state index contributed by atoms with van der Waals surface area (Å²) < 4.78 is 12.0. The second-order valence-electron chi connectivity index (χ2n) is 4.51. The van der Waals surface area contributed by atoms with E-state index in [9.17, 15) is 9.00 Å². The first-order chi connectivity index (χ1) is 9.15. The van der Waals surface area contributed by atoms with Crippen LogP contribution in [0.5, 0.6) is 0 Å². The Hall–Kier alpha value is -1.74. The summed E-state index contributed by atoms with van der Waals surface area (Å²) in [7, 11) is -1.16. The Morgan fingerprint density at radius 2 is 1.79 bits per heavy atom. The number of ketones is 1. The fourth-order valence-corrected chi connectivity index (χ4v) is 3.00. The average molecular weight is 272 g/mol. The van der Waals surface area contributed by atoms with Crippen molar-refractivity contribution in [2.45, 2.75) is 12.7 Å². The molecule has 2 aromatic rings. The van der Waals surface area contributed by atoms with Gasteiger partial charge in [0, 0.05) is 22.1 Å². The molecule has 98 valence electrons. The lowest BCUT2D eigenvalue weighted by molar-refractivity contribution is 0.102. The molecule has 19 heavy (non-hydrogen) atoms. The molecule has 0 fully saturated rings. The third-order valence-electron chi connectivity index (χ3n) is 2.80.